The average Bonchev–Trinajstić information content (AvgIpc) is 2.74. The molecular formula is C12H9N3Ni. The second kappa shape index (κ2) is 4.46. The first-order valence-corrected chi connectivity index (χ1v) is 4.79. The van der Waals surface area contributed by atoms with Gasteiger partial charge >= 0.3 is 0 Å². The van der Waals surface area contributed by atoms with E-state index in [1.807, 2.05) is 47.0 Å². The molecule has 0 aliphatic rings. The van der Waals surface area contributed by atoms with Crippen LogP contribution in [0.25, 0.3) is 16.9 Å². The number of aromatic nitrogens is 3. The van der Waals surface area contributed by atoms with Gasteiger partial charge in [0.25, 0.3) is 0 Å². The summed E-state index contributed by atoms with van der Waals surface area (Å²) in [6.07, 6.45) is 3.58. The molecule has 16 heavy (non-hydrogen) atoms. The zero-order chi connectivity index (χ0) is 10.1. The molecule has 0 atom stereocenters. The minimum absolute atomic E-state index is 0. The molecule has 0 saturated carbocycles. The Bertz CT molecular complexity index is 589. The van der Waals surface area contributed by atoms with Crippen molar-refractivity contribution in [1.82, 2.24) is 14.5 Å². The molecule has 0 N–H and O–H groups in total. The molecule has 0 amide bonds. The van der Waals surface area contributed by atoms with Crippen LogP contribution in [-0.2, 0) is 16.5 Å². The van der Waals surface area contributed by atoms with Crippen LogP contribution in [0.15, 0.2) is 55.0 Å². The first-order valence-electron chi connectivity index (χ1n) is 4.79. The number of pyridine rings is 1. The van der Waals surface area contributed by atoms with Gasteiger partial charge in [0.15, 0.2) is 0 Å². The van der Waals surface area contributed by atoms with E-state index in [0.717, 1.165) is 16.9 Å². The summed E-state index contributed by atoms with van der Waals surface area (Å²) in [6, 6.07) is 13.9. The van der Waals surface area contributed by atoms with Gasteiger partial charge in [0.05, 0.1) is 11.0 Å². The summed E-state index contributed by atoms with van der Waals surface area (Å²) in [5.41, 5.74) is 2.07. The second-order valence-electron chi connectivity index (χ2n) is 3.29. The SMILES string of the molecule is [Ni].c1ccc(-n2cnc3ccccc32)nc1. The molecule has 1 aromatic carbocycles. The molecule has 3 rings (SSSR count). The van der Waals surface area contributed by atoms with Crippen molar-refractivity contribution < 1.29 is 16.5 Å². The summed E-state index contributed by atoms with van der Waals surface area (Å²) < 4.78 is 1.98. The molecule has 0 aliphatic carbocycles. The molecular weight excluding hydrogens is 245 g/mol. The van der Waals surface area contributed by atoms with Gasteiger partial charge in [-0.15, -0.1) is 0 Å². The third-order valence-electron chi connectivity index (χ3n) is 2.35. The summed E-state index contributed by atoms with van der Waals surface area (Å²) >= 11 is 0. The summed E-state index contributed by atoms with van der Waals surface area (Å²) in [4.78, 5) is 8.61. The molecule has 0 aliphatic heterocycles. The molecule has 0 bridgehead atoms. The number of hydrogen-bond acceptors (Lipinski definition) is 2. The van der Waals surface area contributed by atoms with Crippen molar-refractivity contribution in [3.8, 4) is 5.82 Å². The standard InChI is InChI=1S/C12H9N3.Ni/c1-2-6-11-10(5-1)14-9-15(11)12-7-3-4-8-13-12;/h1-9H;. The van der Waals surface area contributed by atoms with Crippen molar-refractivity contribution in [3.63, 3.8) is 0 Å². The Kier molecular flexibility index (Phi) is 3.02. The van der Waals surface area contributed by atoms with E-state index in [4.69, 9.17) is 0 Å². The Balaban J connectivity index is 0.000000963. The molecule has 2 heterocycles. The largest absolute Gasteiger partial charge is 0.283 e. The van der Waals surface area contributed by atoms with Crippen LogP contribution in [0.4, 0.5) is 0 Å². The van der Waals surface area contributed by atoms with E-state index < -0.39 is 0 Å². The summed E-state index contributed by atoms with van der Waals surface area (Å²) in [6.45, 7) is 0. The average molecular weight is 254 g/mol. The number of hydrogen-bond donors (Lipinski definition) is 0. The number of nitrogens with zero attached hydrogens (tertiary/aromatic N) is 3. The first kappa shape index (κ1) is 10.8. The first-order chi connectivity index (χ1) is 7.45. The second-order valence-corrected chi connectivity index (χ2v) is 3.29. The fourth-order valence-electron chi connectivity index (χ4n) is 1.64. The van der Waals surface area contributed by atoms with Gasteiger partial charge < -0.3 is 0 Å². The van der Waals surface area contributed by atoms with Crippen LogP contribution < -0.4 is 0 Å². The summed E-state index contributed by atoms with van der Waals surface area (Å²) in [5.74, 6) is 0.895. The maximum absolute atomic E-state index is 4.32. The van der Waals surface area contributed by atoms with Gasteiger partial charge in [-0.2, -0.15) is 0 Å². The number of fused-ring (bicyclic) bond motifs is 1. The molecule has 0 radical (unpaired) electrons. The molecule has 2 aromatic heterocycles. The van der Waals surface area contributed by atoms with E-state index in [0.29, 0.717) is 0 Å². The van der Waals surface area contributed by atoms with Gasteiger partial charge in [-0.1, -0.05) is 18.2 Å². The van der Waals surface area contributed by atoms with Gasteiger partial charge in [-0.3, -0.25) is 4.57 Å². The fourth-order valence-corrected chi connectivity index (χ4v) is 1.64. The fraction of sp³-hybridized carbons (Fsp3) is 0. The van der Waals surface area contributed by atoms with E-state index in [1.54, 1.807) is 12.5 Å². The van der Waals surface area contributed by atoms with E-state index in [9.17, 15) is 0 Å². The molecule has 0 saturated heterocycles. The number of rotatable bonds is 1. The molecule has 3 nitrogen and oxygen atoms in total. The predicted octanol–water partition coefficient (Wildman–Crippen LogP) is 2.42. The van der Waals surface area contributed by atoms with Gasteiger partial charge in [0.1, 0.15) is 12.1 Å². The Morgan fingerprint density at radius 1 is 0.875 bits per heavy atom. The number of para-hydroxylation sites is 2. The van der Waals surface area contributed by atoms with Crippen molar-refractivity contribution >= 4 is 11.0 Å². The number of imidazole rings is 1. The van der Waals surface area contributed by atoms with E-state index in [2.05, 4.69) is 9.97 Å². The topological polar surface area (TPSA) is 30.7 Å². The Labute approximate surface area is 103 Å². The molecule has 4 heteroatoms. The monoisotopic (exact) mass is 253 g/mol. The normalized spacial score (nSPS) is 10.0. The Morgan fingerprint density at radius 3 is 2.50 bits per heavy atom. The van der Waals surface area contributed by atoms with E-state index in [1.165, 1.54) is 0 Å². The van der Waals surface area contributed by atoms with Crippen molar-refractivity contribution in [2.24, 2.45) is 0 Å². The molecule has 0 spiro atoms. The van der Waals surface area contributed by atoms with Crippen molar-refractivity contribution in [1.29, 1.82) is 0 Å². The maximum Gasteiger partial charge on any atom is 0.138 e. The van der Waals surface area contributed by atoms with Crippen LogP contribution >= 0.6 is 0 Å². The molecule has 0 fully saturated rings. The van der Waals surface area contributed by atoms with Crippen molar-refractivity contribution in [3.05, 3.63) is 55.0 Å². The zero-order valence-corrected chi connectivity index (χ0v) is 9.34. The third-order valence-corrected chi connectivity index (χ3v) is 2.35. The van der Waals surface area contributed by atoms with Gasteiger partial charge in [-0.05, 0) is 24.3 Å². The molecule has 3 aromatic rings. The van der Waals surface area contributed by atoms with Gasteiger partial charge in [0.2, 0.25) is 0 Å². The maximum atomic E-state index is 4.32. The molecule has 82 valence electrons. The van der Waals surface area contributed by atoms with Crippen molar-refractivity contribution in [2.45, 2.75) is 0 Å². The Morgan fingerprint density at radius 2 is 1.69 bits per heavy atom. The van der Waals surface area contributed by atoms with Crippen LogP contribution in [-0.4, -0.2) is 14.5 Å². The smallest absolute Gasteiger partial charge is 0.138 e. The molecule has 0 unspecified atom stereocenters. The van der Waals surface area contributed by atoms with Gasteiger partial charge in [0, 0.05) is 22.7 Å². The summed E-state index contributed by atoms with van der Waals surface area (Å²) in [5, 5.41) is 0. The zero-order valence-electron chi connectivity index (χ0n) is 8.35. The quantitative estimate of drug-likeness (QED) is 0.624. The van der Waals surface area contributed by atoms with Gasteiger partial charge in [-0.25, -0.2) is 9.97 Å². The van der Waals surface area contributed by atoms with Crippen LogP contribution in [0.2, 0.25) is 0 Å². The van der Waals surface area contributed by atoms with Crippen LogP contribution in [0, 0.1) is 0 Å². The third kappa shape index (κ3) is 1.72. The predicted molar refractivity (Wildman–Crippen MR) is 58.9 cm³/mol. The minimum atomic E-state index is 0. The summed E-state index contributed by atoms with van der Waals surface area (Å²) in [7, 11) is 0. The Hall–Kier alpha value is -1.67. The van der Waals surface area contributed by atoms with Crippen LogP contribution in [0.1, 0.15) is 0 Å². The van der Waals surface area contributed by atoms with Crippen LogP contribution in [0.5, 0.6) is 0 Å². The van der Waals surface area contributed by atoms with Crippen LogP contribution in [0.3, 0.4) is 0 Å². The van der Waals surface area contributed by atoms with E-state index >= 15 is 0 Å². The minimum Gasteiger partial charge on any atom is -0.283 e. The van der Waals surface area contributed by atoms with Crippen molar-refractivity contribution in [2.75, 3.05) is 0 Å². The number of benzene rings is 1. The van der Waals surface area contributed by atoms with E-state index in [-0.39, 0.29) is 16.5 Å².